The molecule has 1 nitrogen and oxygen atoms in total. The molecule has 0 bridgehead atoms. The number of benzene rings is 1. The maximum absolute atomic E-state index is 2.25. The second-order valence-corrected chi connectivity index (χ2v) is 3.10. The van der Waals surface area contributed by atoms with Gasteiger partial charge in [0.15, 0.2) is 0 Å². The van der Waals surface area contributed by atoms with Crippen molar-refractivity contribution in [2.24, 2.45) is 0 Å². The monoisotopic (exact) mass is 171 g/mol. The zero-order valence-electron chi connectivity index (χ0n) is 7.77. The van der Waals surface area contributed by atoms with E-state index >= 15 is 0 Å². The first-order valence-electron chi connectivity index (χ1n) is 4.57. The van der Waals surface area contributed by atoms with E-state index < -0.39 is 0 Å². The summed E-state index contributed by atoms with van der Waals surface area (Å²) < 4.78 is 2.25. The number of hydrogen-bond donors (Lipinski definition) is 0. The van der Waals surface area contributed by atoms with Gasteiger partial charge in [0.25, 0.3) is 0 Å². The van der Waals surface area contributed by atoms with Crippen LogP contribution < -0.4 is 0 Å². The summed E-state index contributed by atoms with van der Waals surface area (Å²) in [6.07, 6.45) is 6.37. The SMILES string of the molecule is CC=CCn1ccc2ccccc21. The molecule has 0 spiro atoms. The van der Waals surface area contributed by atoms with Crippen LogP contribution >= 0.6 is 0 Å². The topological polar surface area (TPSA) is 4.93 Å². The van der Waals surface area contributed by atoms with E-state index in [1.165, 1.54) is 10.9 Å². The summed E-state index contributed by atoms with van der Waals surface area (Å²) in [6, 6.07) is 10.6. The van der Waals surface area contributed by atoms with E-state index in [-0.39, 0.29) is 0 Å². The van der Waals surface area contributed by atoms with Crippen LogP contribution in [0, 0.1) is 0 Å². The second-order valence-electron chi connectivity index (χ2n) is 3.10. The normalized spacial score (nSPS) is 11.5. The van der Waals surface area contributed by atoms with Crippen molar-refractivity contribution < 1.29 is 0 Å². The van der Waals surface area contributed by atoms with Crippen LogP contribution in [0.5, 0.6) is 0 Å². The van der Waals surface area contributed by atoms with Crippen molar-refractivity contribution in [3.63, 3.8) is 0 Å². The number of hydrogen-bond acceptors (Lipinski definition) is 0. The van der Waals surface area contributed by atoms with Gasteiger partial charge in [0.2, 0.25) is 0 Å². The minimum absolute atomic E-state index is 0.962. The van der Waals surface area contributed by atoms with Gasteiger partial charge in [0, 0.05) is 18.3 Å². The maximum Gasteiger partial charge on any atom is 0.0483 e. The molecule has 0 saturated heterocycles. The molecule has 1 aromatic carbocycles. The lowest BCUT2D eigenvalue weighted by Crippen LogP contribution is -1.91. The van der Waals surface area contributed by atoms with E-state index in [9.17, 15) is 0 Å². The standard InChI is InChI=1S/C12H13N/c1-2-3-9-13-10-8-11-6-4-5-7-12(11)13/h2-8,10H,9H2,1H3. The maximum atomic E-state index is 2.25. The fourth-order valence-corrected chi connectivity index (χ4v) is 1.52. The van der Waals surface area contributed by atoms with Gasteiger partial charge < -0.3 is 4.57 Å². The van der Waals surface area contributed by atoms with Gasteiger partial charge in [-0.25, -0.2) is 0 Å². The van der Waals surface area contributed by atoms with Crippen molar-refractivity contribution in [2.45, 2.75) is 13.5 Å². The van der Waals surface area contributed by atoms with Gasteiger partial charge in [0.05, 0.1) is 0 Å². The average Bonchev–Trinajstić information content (AvgIpc) is 2.58. The van der Waals surface area contributed by atoms with Gasteiger partial charge >= 0.3 is 0 Å². The molecule has 66 valence electrons. The molecule has 0 radical (unpaired) electrons. The number of allylic oxidation sites excluding steroid dienone is 2. The third-order valence-corrected chi connectivity index (χ3v) is 2.22. The van der Waals surface area contributed by atoms with Gasteiger partial charge in [-0.05, 0) is 24.4 Å². The average molecular weight is 171 g/mol. The van der Waals surface area contributed by atoms with Crippen molar-refractivity contribution in [2.75, 3.05) is 0 Å². The van der Waals surface area contributed by atoms with Crippen LogP contribution in [0.1, 0.15) is 6.92 Å². The Labute approximate surface area is 78.3 Å². The summed E-state index contributed by atoms with van der Waals surface area (Å²) in [7, 11) is 0. The number of aromatic nitrogens is 1. The van der Waals surface area contributed by atoms with Crippen molar-refractivity contribution >= 4 is 10.9 Å². The highest BCUT2D eigenvalue weighted by Crippen LogP contribution is 2.14. The van der Waals surface area contributed by atoms with Crippen LogP contribution in [0.2, 0.25) is 0 Å². The number of fused-ring (bicyclic) bond motifs is 1. The molecule has 2 aromatic rings. The van der Waals surface area contributed by atoms with Gasteiger partial charge in [-0.3, -0.25) is 0 Å². The molecular formula is C12H13N. The van der Waals surface area contributed by atoms with Crippen LogP contribution in [-0.2, 0) is 6.54 Å². The Kier molecular flexibility index (Phi) is 2.17. The number of rotatable bonds is 2. The molecule has 13 heavy (non-hydrogen) atoms. The predicted octanol–water partition coefficient (Wildman–Crippen LogP) is 3.22. The van der Waals surface area contributed by atoms with Crippen LogP contribution in [0.15, 0.2) is 48.7 Å². The van der Waals surface area contributed by atoms with E-state index in [2.05, 4.69) is 53.2 Å². The second kappa shape index (κ2) is 3.48. The van der Waals surface area contributed by atoms with E-state index in [1.807, 2.05) is 6.92 Å². The Balaban J connectivity index is 2.45. The highest BCUT2D eigenvalue weighted by atomic mass is 14.9. The van der Waals surface area contributed by atoms with Crippen LogP contribution in [0.25, 0.3) is 10.9 Å². The highest BCUT2D eigenvalue weighted by molar-refractivity contribution is 5.79. The summed E-state index contributed by atoms with van der Waals surface area (Å²) >= 11 is 0. The Bertz CT molecular complexity index is 423. The lowest BCUT2D eigenvalue weighted by Gasteiger charge is -1.99. The fraction of sp³-hybridized carbons (Fsp3) is 0.167. The molecule has 0 N–H and O–H groups in total. The van der Waals surface area contributed by atoms with Crippen molar-refractivity contribution in [3.05, 3.63) is 48.7 Å². The Hall–Kier alpha value is -1.50. The van der Waals surface area contributed by atoms with E-state index in [1.54, 1.807) is 0 Å². The first kappa shape index (κ1) is 8.11. The molecule has 0 amide bonds. The molecule has 0 saturated carbocycles. The third-order valence-electron chi connectivity index (χ3n) is 2.22. The van der Waals surface area contributed by atoms with E-state index in [4.69, 9.17) is 0 Å². The summed E-state index contributed by atoms with van der Waals surface area (Å²) in [5, 5.41) is 1.31. The molecule has 2 rings (SSSR count). The lowest BCUT2D eigenvalue weighted by molar-refractivity contribution is 0.862. The third kappa shape index (κ3) is 1.50. The fourth-order valence-electron chi connectivity index (χ4n) is 1.52. The first-order valence-corrected chi connectivity index (χ1v) is 4.57. The smallest absolute Gasteiger partial charge is 0.0483 e. The molecule has 0 atom stereocenters. The van der Waals surface area contributed by atoms with Gasteiger partial charge in [0.1, 0.15) is 0 Å². The largest absolute Gasteiger partial charge is 0.344 e. The molecule has 1 heterocycles. The number of nitrogens with zero attached hydrogens (tertiary/aromatic N) is 1. The lowest BCUT2D eigenvalue weighted by atomic mass is 10.2. The van der Waals surface area contributed by atoms with Gasteiger partial charge in [-0.15, -0.1) is 0 Å². The predicted molar refractivity (Wildman–Crippen MR) is 56.8 cm³/mol. The van der Waals surface area contributed by atoms with Crippen molar-refractivity contribution in [3.8, 4) is 0 Å². The summed E-state index contributed by atoms with van der Waals surface area (Å²) in [6.45, 7) is 3.01. The molecule has 1 heteroatoms. The molecule has 0 aliphatic carbocycles. The Morgan fingerprint density at radius 3 is 2.92 bits per heavy atom. The van der Waals surface area contributed by atoms with E-state index in [0.717, 1.165) is 6.54 Å². The van der Waals surface area contributed by atoms with Crippen LogP contribution in [0.4, 0.5) is 0 Å². The summed E-state index contributed by atoms with van der Waals surface area (Å²) in [5.74, 6) is 0. The number of para-hydroxylation sites is 1. The van der Waals surface area contributed by atoms with Gasteiger partial charge in [-0.1, -0.05) is 30.4 Å². The molecule has 0 aliphatic heterocycles. The highest BCUT2D eigenvalue weighted by Gasteiger charge is 1.96. The van der Waals surface area contributed by atoms with Crippen molar-refractivity contribution in [1.29, 1.82) is 0 Å². The Morgan fingerprint density at radius 1 is 1.23 bits per heavy atom. The molecule has 0 unspecified atom stereocenters. The van der Waals surface area contributed by atoms with Crippen molar-refractivity contribution in [1.82, 2.24) is 4.57 Å². The zero-order valence-corrected chi connectivity index (χ0v) is 7.77. The molecule has 1 aromatic heterocycles. The van der Waals surface area contributed by atoms with Gasteiger partial charge in [-0.2, -0.15) is 0 Å². The quantitative estimate of drug-likeness (QED) is 0.611. The summed E-state index contributed by atoms with van der Waals surface area (Å²) in [4.78, 5) is 0. The molecular weight excluding hydrogens is 158 g/mol. The first-order chi connectivity index (χ1) is 6.42. The molecule has 0 aliphatic rings. The van der Waals surface area contributed by atoms with Crippen LogP contribution in [0.3, 0.4) is 0 Å². The summed E-state index contributed by atoms with van der Waals surface area (Å²) in [5.41, 5.74) is 1.31. The molecule has 0 fully saturated rings. The van der Waals surface area contributed by atoms with Crippen LogP contribution in [-0.4, -0.2) is 4.57 Å². The zero-order chi connectivity index (χ0) is 9.10. The minimum atomic E-state index is 0.962. The Morgan fingerprint density at radius 2 is 2.08 bits per heavy atom. The minimum Gasteiger partial charge on any atom is -0.344 e. The van der Waals surface area contributed by atoms with E-state index in [0.29, 0.717) is 0 Å².